The van der Waals surface area contributed by atoms with Gasteiger partial charge in [-0.05, 0) is 49.1 Å². The van der Waals surface area contributed by atoms with Crippen LogP contribution in [0.4, 0.5) is 0 Å². The van der Waals surface area contributed by atoms with Gasteiger partial charge < -0.3 is 14.4 Å². The molecular formula is C24H24N4O4. The first-order valence-electron chi connectivity index (χ1n) is 10.9. The number of amides is 1. The highest BCUT2D eigenvalue weighted by atomic mass is 16.6. The zero-order valence-electron chi connectivity index (χ0n) is 17.6. The number of para-hydroxylation sites is 1. The van der Waals surface area contributed by atoms with Crippen molar-refractivity contribution in [2.24, 2.45) is 5.92 Å². The van der Waals surface area contributed by atoms with Crippen LogP contribution in [0.1, 0.15) is 23.2 Å². The smallest absolute Gasteiger partial charge is 0.266 e. The fraction of sp³-hybridized carbons (Fsp3) is 0.333. The first kappa shape index (κ1) is 20.2. The van der Waals surface area contributed by atoms with E-state index in [1.54, 1.807) is 30.6 Å². The molecule has 5 rings (SSSR count). The maximum absolute atomic E-state index is 13.1. The number of rotatable bonds is 4. The van der Waals surface area contributed by atoms with Crippen molar-refractivity contribution in [3.8, 4) is 22.8 Å². The summed E-state index contributed by atoms with van der Waals surface area (Å²) in [7, 11) is 0. The number of benzene rings is 1. The summed E-state index contributed by atoms with van der Waals surface area (Å²) < 4.78 is 12.8. The fourth-order valence-electron chi connectivity index (χ4n) is 4.23. The van der Waals surface area contributed by atoms with Crippen molar-refractivity contribution < 1.29 is 14.3 Å². The molecule has 2 aliphatic rings. The number of piperidine rings is 1. The molecule has 0 spiro atoms. The quantitative estimate of drug-likeness (QED) is 0.630. The van der Waals surface area contributed by atoms with Crippen molar-refractivity contribution in [1.29, 1.82) is 0 Å². The standard InChI is InChI=1S/C24H24N4O4/c29-22-5-4-20(18-6-10-25-11-7-18)26-28(22)16-17-8-12-27(13-9-17)24(30)19-2-1-3-21-23(19)32-15-14-31-21/h1-7,10-11,17H,8-9,12-16H2. The predicted octanol–water partition coefficient (Wildman–Crippen LogP) is 2.63. The zero-order chi connectivity index (χ0) is 21.9. The van der Waals surface area contributed by atoms with Crippen molar-refractivity contribution in [3.63, 3.8) is 0 Å². The summed E-state index contributed by atoms with van der Waals surface area (Å²) >= 11 is 0. The summed E-state index contributed by atoms with van der Waals surface area (Å²) in [6.45, 7) is 2.74. The van der Waals surface area contributed by atoms with Crippen LogP contribution >= 0.6 is 0 Å². The largest absolute Gasteiger partial charge is 0.486 e. The van der Waals surface area contributed by atoms with Crippen LogP contribution < -0.4 is 15.0 Å². The van der Waals surface area contributed by atoms with Crippen LogP contribution in [-0.4, -0.2) is 51.9 Å². The molecule has 0 N–H and O–H groups in total. The molecule has 4 heterocycles. The van der Waals surface area contributed by atoms with E-state index in [4.69, 9.17) is 9.47 Å². The Bertz CT molecular complexity index is 1170. The van der Waals surface area contributed by atoms with Crippen molar-refractivity contribution in [1.82, 2.24) is 19.7 Å². The molecule has 8 heteroatoms. The van der Waals surface area contributed by atoms with E-state index in [1.165, 1.54) is 4.68 Å². The van der Waals surface area contributed by atoms with E-state index < -0.39 is 0 Å². The SMILES string of the molecule is O=C(c1cccc2c1OCCO2)N1CCC(Cn2nc(-c3ccncc3)ccc2=O)CC1. The van der Waals surface area contributed by atoms with Crippen LogP contribution in [0.5, 0.6) is 11.5 Å². The molecule has 1 fully saturated rings. The molecule has 0 atom stereocenters. The minimum atomic E-state index is -0.116. The average molecular weight is 432 g/mol. The van der Waals surface area contributed by atoms with E-state index in [1.807, 2.05) is 29.2 Å². The molecule has 2 aromatic heterocycles. The topological polar surface area (TPSA) is 86.6 Å². The first-order valence-corrected chi connectivity index (χ1v) is 10.9. The summed E-state index contributed by atoms with van der Waals surface area (Å²) in [6.07, 6.45) is 5.04. The Labute approximate surface area is 185 Å². The molecule has 0 bridgehead atoms. The molecule has 0 aliphatic carbocycles. The maximum atomic E-state index is 13.1. The first-order chi connectivity index (χ1) is 15.7. The summed E-state index contributed by atoms with van der Waals surface area (Å²) in [4.78, 5) is 31.4. The normalized spacial score (nSPS) is 16.1. The lowest BCUT2D eigenvalue weighted by Crippen LogP contribution is -2.40. The van der Waals surface area contributed by atoms with Crippen LogP contribution in [-0.2, 0) is 6.54 Å². The Morgan fingerprint density at radius 2 is 1.78 bits per heavy atom. The number of nitrogens with zero attached hydrogens (tertiary/aromatic N) is 4. The number of carbonyl (C=O) groups excluding carboxylic acids is 1. The number of aromatic nitrogens is 3. The second kappa shape index (κ2) is 8.82. The molecule has 3 aromatic rings. The number of likely N-dealkylation sites (tertiary alicyclic amines) is 1. The van der Waals surface area contributed by atoms with Gasteiger partial charge in [0.2, 0.25) is 0 Å². The molecular weight excluding hydrogens is 408 g/mol. The highest BCUT2D eigenvalue weighted by molar-refractivity contribution is 5.98. The van der Waals surface area contributed by atoms with Gasteiger partial charge in [-0.1, -0.05) is 6.07 Å². The van der Waals surface area contributed by atoms with Gasteiger partial charge in [0.1, 0.15) is 13.2 Å². The number of ether oxygens (including phenoxy) is 2. The Morgan fingerprint density at radius 3 is 2.59 bits per heavy atom. The number of hydrogen-bond donors (Lipinski definition) is 0. The summed E-state index contributed by atoms with van der Waals surface area (Å²) in [5, 5.41) is 4.55. The van der Waals surface area contributed by atoms with Gasteiger partial charge in [0.25, 0.3) is 11.5 Å². The van der Waals surface area contributed by atoms with Gasteiger partial charge in [-0.15, -0.1) is 0 Å². The second-order valence-electron chi connectivity index (χ2n) is 8.04. The summed E-state index contributed by atoms with van der Waals surface area (Å²) in [5.41, 5.74) is 2.10. The highest BCUT2D eigenvalue weighted by Crippen LogP contribution is 2.35. The van der Waals surface area contributed by atoms with Crippen LogP contribution in [0.3, 0.4) is 0 Å². The van der Waals surface area contributed by atoms with Crippen LogP contribution in [0.2, 0.25) is 0 Å². The number of fused-ring (bicyclic) bond motifs is 1. The molecule has 164 valence electrons. The minimum Gasteiger partial charge on any atom is -0.486 e. The van der Waals surface area contributed by atoms with Crippen LogP contribution in [0.15, 0.2) is 59.7 Å². The highest BCUT2D eigenvalue weighted by Gasteiger charge is 2.28. The van der Waals surface area contributed by atoms with Gasteiger partial charge in [-0.25, -0.2) is 4.68 Å². The number of carbonyl (C=O) groups is 1. The van der Waals surface area contributed by atoms with E-state index >= 15 is 0 Å². The average Bonchev–Trinajstić information content (AvgIpc) is 2.85. The van der Waals surface area contributed by atoms with Gasteiger partial charge in [0, 0.05) is 43.7 Å². The zero-order valence-corrected chi connectivity index (χ0v) is 17.6. The van der Waals surface area contributed by atoms with Crippen molar-refractivity contribution in [2.45, 2.75) is 19.4 Å². The Hall–Kier alpha value is -3.68. The Morgan fingerprint density at radius 1 is 1.00 bits per heavy atom. The molecule has 32 heavy (non-hydrogen) atoms. The van der Waals surface area contributed by atoms with Gasteiger partial charge in [0.05, 0.1) is 11.3 Å². The Kier molecular flexibility index (Phi) is 5.58. The number of hydrogen-bond acceptors (Lipinski definition) is 6. The summed E-state index contributed by atoms with van der Waals surface area (Å²) in [5.74, 6) is 1.40. The molecule has 0 unspecified atom stereocenters. The lowest BCUT2D eigenvalue weighted by molar-refractivity contribution is 0.0670. The molecule has 2 aliphatic heterocycles. The van der Waals surface area contributed by atoms with Crippen molar-refractivity contribution in [3.05, 3.63) is 70.8 Å². The third kappa shape index (κ3) is 4.08. The van der Waals surface area contributed by atoms with E-state index in [9.17, 15) is 9.59 Å². The van der Waals surface area contributed by atoms with Crippen LogP contribution in [0, 0.1) is 5.92 Å². The molecule has 8 nitrogen and oxygen atoms in total. The van der Waals surface area contributed by atoms with E-state index in [2.05, 4.69) is 10.1 Å². The number of pyridine rings is 1. The third-order valence-corrected chi connectivity index (χ3v) is 5.97. The van der Waals surface area contributed by atoms with Crippen LogP contribution in [0.25, 0.3) is 11.3 Å². The molecule has 0 radical (unpaired) electrons. The Balaban J connectivity index is 1.25. The molecule has 1 aromatic carbocycles. The second-order valence-corrected chi connectivity index (χ2v) is 8.04. The molecule has 1 amide bonds. The summed E-state index contributed by atoms with van der Waals surface area (Å²) in [6, 6.07) is 12.5. The predicted molar refractivity (Wildman–Crippen MR) is 118 cm³/mol. The lowest BCUT2D eigenvalue weighted by Gasteiger charge is -2.33. The molecule has 1 saturated heterocycles. The maximum Gasteiger partial charge on any atom is 0.266 e. The minimum absolute atomic E-state index is 0.0409. The van der Waals surface area contributed by atoms with Crippen molar-refractivity contribution >= 4 is 5.91 Å². The monoisotopic (exact) mass is 432 g/mol. The van der Waals surface area contributed by atoms with Gasteiger partial charge >= 0.3 is 0 Å². The van der Waals surface area contributed by atoms with Crippen molar-refractivity contribution in [2.75, 3.05) is 26.3 Å². The van der Waals surface area contributed by atoms with Gasteiger partial charge in [-0.2, -0.15) is 5.10 Å². The van der Waals surface area contributed by atoms with E-state index in [-0.39, 0.29) is 17.4 Å². The third-order valence-electron chi connectivity index (χ3n) is 5.97. The van der Waals surface area contributed by atoms with Gasteiger partial charge in [0.15, 0.2) is 11.5 Å². The molecule has 0 saturated carbocycles. The van der Waals surface area contributed by atoms with E-state index in [0.29, 0.717) is 49.9 Å². The van der Waals surface area contributed by atoms with Gasteiger partial charge in [-0.3, -0.25) is 14.6 Å². The lowest BCUT2D eigenvalue weighted by atomic mass is 9.96. The fourth-order valence-corrected chi connectivity index (χ4v) is 4.23. The van der Waals surface area contributed by atoms with E-state index in [0.717, 1.165) is 24.1 Å².